The van der Waals surface area contributed by atoms with Crippen LogP contribution < -0.4 is 10.4 Å². The van der Waals surface area contributed by atoms with Crippen molar-refractivity contribution in [2.75, 3.05) is 6.61 Å². The third kappa shape index (κ3) is 4.37. The largest absolute Gasteiger partial charge is 0.459 e. The zero-order valence-electron chi connectivity index (χ0n) is 18.1. The quantitative estimate of drug-likeness (QED) is 0.523. The maximum atomic E-state index is 11.7. The van der Waals surface area contributed by atoms with E-state index in [1.165, 1.54) is 0 Å². The highest BCUT2D eigenvalue weighted by Crippen LogP contribution is 2.37. The van der Waals surface area contributed by atoms with Crippen molar-refractivity contribution in [1.82, 2.24) is 0 Å². The average Bonchev–Trinajstić information content (AvgIpc) is 3.06. The number of aliphatic hydroxyl groups is 2. The molecule has 0 saturated carbocycles. The number of benzene rings is 2. The van der Waals surface area contributed by atoms with Crippen LogP contribution in [0, 0.1) is 5.92 Å². The minimum absolute atomic E-state index is 0.0448. The van der Waals surface area contributed by atoms with Gasteiger partial charge in [-0.05, 0) is 15.4 Å². The summed E-state index contributed by atoms with van der Waals surface area (Å²) in [6.45, 7) is 8.19. The molecule has 3 rings (SSSR count). The van der Waals surface area contributed by atoms with E-state index in [2.05, 4.69) is 45.0 Å². The van der Waals surface area contributed by atoms with Crippen molar-refractivity contribution in [3.8, 4) is 0 Å². The van der Waals surface area contributed by atoms with E-state index < -0.39 is 26.6 Å². The van der Waals surface area contributed by atoms with Gasteiger partial charge >= 0.3 is 5.97 Å². The summed E-state index contributed by atoms with van der Waals surface area (Å²) in [4.78, 5) is 11.7. The summed E-state index contributed by atoms with van der Waals surface area (Å²) < 4.78 is 11.9. The summed E-state index contributed by atoms with van der Waals surface area (Å²) in [7, 11) is -2.80. The van der Waals surface area contributed by atoms with Crippen LogP contribution in [-0.4, -0.2) is 49.4 Å². The molecule has 1 aliphatic rings. The van der Waals surface area contributed by atoms with Crippen molar-refractivity contribution in [3.05, 3.63) is 60.7 Å². The van der Waals surface area contributed by atoms with Crippen LogP contribution in [0.25, 0.3) is 0 Å². The first-order chi connectivity index (χ1) is 14.2. The van der Waals surface area contributed by atoms with Crippen LogP contribution in [0.1, 0.15) is 34.1 Å². The van der Waals surface area contributed by atoms with E-state index in [-0.39, 0.29) is 23.5 Å². The lowest BCUT2D eigenvalue weighted by molar-refractivity contribution is -0.151. The number of hydrogen-bond donors (Lipinski definition) is 2. The molecule has 1 aliphatic heterocycles. The Bertz CT molecular complexity index is 794. The van der Waals surface area contributed by atoms with Gasteiger partial charge in [0.2, 0.25) is 0 Å². The lowest BCUT2D eigenvalue weighted by Crippen LogP contribution is -2.67. The fourth-order valence-electron chi connectivity index (χ4n) is 4.29. The summed E-state index contributed by atoms with van der Waals surface area (Å²) in [6.07, 6.45) is -2.65. The fourth-order valence-corrected chi connectivity index (χ4v) is 8.86. The summed E-state index contributed by atoms with van der Waals surface area (Å²) in [5.74, 6) is -0.603. The van der Waals surface area contributed by atoms with Crippen LogP contribution in [0.4, 0.5) is 0 Å². The summed E-state index contributed by atoms with van der Waals surface area (Å²) in [6, 6.07) is 20.3. The summed E-state index contributed by atoms with van der Waals surface area (Å²) in [5, 5.41) is 23.3. The van der Waals surface area contributed by atoms with Crippen LogP contribution in [0.2, 0.25) is 5.04 Å². The molecule has 0 spiro atoms. The van der Waals surface area contributed by atoms with Gasteiger partial charge in [0.15, 0.2) is 0 Å². The Hall–Kier alpha value is -1.99. The van der Waals surface area contributed by atoms with E-state index in [1.54, 1.807) is 6.92 Å². The van der Waals surface area contributed by atoms with E-state index in [9.17, 15) is 15.0 Å². The van der Waals surface area contributed by atoms with Crippen LogP contribution in [-0.2, 0) is 14.0 Å². The molecule has 2 aromatic rings. The smallest absolute Gasteiger partial charge is 0.309 e. The molecule has 1 heterocycles. The highest BCUT2D eigenvalue weighted by molar-refractivity contribution is 6.99. The monoisotopic (exact) mass is 428 g/mol. The Kier molecular flexibility index (Phi) is 6.82. The molecule has 0 aromatic heterocycles. The van der Waals surface area contributed by atoms with Gasteiger partial charge in [0.05, 0.1) is 12.5 Å². The molecule has 1 fully saturated rings. The summed E-state index contributed by atoms with van der Waals surface area (Å²) >= 11 is 0. The van der Waals surface area contributed by atoms with Gasteiger partial charge in [-0.1, -0.05) is 88.4 Å². The molecular formula is C24H32O5Si. The molecule has 6 heteroatoms. The molecule has 1 saturated heterocycles. The molecule has 2 N–H and O–H groups in total. The molecule has 0 amide bonds. The predicted octanol–water partition coefficient (Wildman–Crippen LogP) is 2.24. The van der Waals surface area contributed by atoms with Gasteiger partial charge < -0.3 is 19.4 Å². The third-order valence-corrected chi connectivity index (χ3v) is 10.9. The van der Waals surface area contributed by atoms with Crippen molar-refractivity contribution < 1.29 is 24.2 Å². The van der Waals surface area contributed by atoms with Gasteiger partial charge in [-0.3, -0.25) is 4.79 Å². The lowest BCUT2D eigenvalue weighted by atomic mass is 10.0. The number of ether oxygens (including phenoxy) is 1. The van der Waals surface area contributed by atoms with Gasteiger partial charge in [0.25, 0.3) is 8.32 Å². The Balaban J connectivity index is 1.91. The van der Waals surface area contributed by atoms with Crippen LogP contribution in [0.15, 0.2) is 60.7 Å². The SMILES string of the molecule is C[C@@H]1C[C@H]([C@H](O)[C@H](O)CO[Si](c2ccccc2)(c2ccccc2)C(C)(C)C)OC1=O. The second-order valence-electron chi connectivity index (χ2n) is 9.14. The van der Waals surface area contributed by atoms with Crippen LogP contribution in [0.3, 0.4) is 0 Å². The van der Waals surface area contributed by atoms with Crippen LogP contribution in [0.5, 0.6) is 0 Å². The first kappa shape index (κ1) is 22.7. The number of cyclic esters (lactones) is 1. The van der Waals surface area contributed by atoms with Crippen molar-refractivity contribution in [3.63, 3.8) is 0 Å². The molecule has 30 heavy (non-hydrogen) atoms. The van der Waals surface area contributed by atoms with Crippen LogP contribution >= 0.6 is 0 Å². The van der Waals surface area contributed by atoms with E-state index in [1.807, 2.05) is 36.4 Å². The maximum absolute atomic E-state index is 11.7. The molecular weight excluding hydrogens is 396 g/mol. The van der Waals surface area contributed by atoms with E-state index >= 15 is 0 Å². The number of carbonyl (C=O) groups is 1. The number of esters is 1. The first-order valence-corrected chi connectivity index (χ1v) is 12.4. The standard InChI is InChI=1S/C24H32O5Si/c1-17-15-21(29-23(17)27)22(26)20(25)16-28-30(24(2,3)4,18-11-7-5-8-12-18)19-13-9-6-10-14-19/h5-14,17,20-22,25-26H,15-16H2,1-4H3/t17-,20-,21-,22-/m1/s1. The molecule has 0 radical (unpaired) electrons. The average molecular weight is 429 g/mol. The molecule has 0 bridgehead atoms. The number of carbonyl (C=O) groups excluding carboxylic acids is 1. The molecule has 0 unspecified atom stereocenters. The van der Waals surface area contributed by atoms with E-state index in [0.717, 1.165) is 10.4 Å². The van der Waals surface area contributed by atoms with Gasteiger partial charge in [-0.15, -0.1) is 0 Å². The van der Waals surface area contributed by atoms with Crippen molar-refractivity contribution in [2.45, 2.75) is 57.5 Å². The minimum atomic E-state index is -2.80. The summed E-state index contributed by atoms with van der Waals surface area (Å²) in [5.41, 5.74) is 0. The molecule has 0 aliphatic carbocycles. The first-order valence-electron chi connectivity index (χ1n) is 10.5. The zero-order chi connectivity index (χ0) is 21.9. The van der Waals surface area contributed by atoms with Crippen molar-refractivity contribution in [2.24, 2.45) is 5.92 Å². The normalized spacial score (nSPS) is 21.9. The highest BCUT2D eigenvalue weighted by Gasteiger charge is 2.51. The molecule has 4 atom stereocenters. The van der Waals surface area contributed by atoms with Crippen molar-refractivity contribution in [1.29, 1.82) is 0 Å². The minimum Gasteiger partial charge on any atom is -0.459 e. The Labute approximate surface area is 179 Å². The Morgan fingerprint density at radius 3 is 1.93 bits per heavy atom. The molecule has 5 nitrogen and oxygen atoms in total. The Morgan fingerprint density at radius 1 is 1.03 bits per heavy atom. The van der Waals surface area contributed by atoms with E-state index in [4.69, 9.17) is 9.16 Å². The topological polar surface area (TPSA) is 76.0 Å². The fraction of sp³-hybridized carbons (Fsp3) is 0.458. The third-order valence-electron chi connectivity index (χ3n) is 5.92. The molecule has 2 aromatic carbocycles. The number of aliphatic hydroxyl groups excluding tert-OH is 2. The van der Waals surface area contributed by atoms with Gasteiger partial charge in [0, 0.05) is 6.42 Å². The van der Waals surface area contributed by atoms with Gasteiger partial charge in [-0.25, -0.2) is 0 Å². The van der Waals surface area contributed by atoms with Gasteiger partial charge in [-0.2, -0.15) is 0 Å². The van der Waals surface area contributed by atoms with Gasteiger partial charge in [0.1, 0.15) is 18.3 Å². The zero-order valence-corrected chi connectivity index (χ0v) is 19.1. The second-order valence-corrected chi connectivity index (χ2v) is 13.5. The number of hydrogen-bond acceptors (Lipinski definition) is 5. The number of rotatable bonds is 7. The molecule has 162 valence electrons. The predicted molar refractivity (Wildman–Crippen MR) is 119 cm³/mol. The maximum Gasteiger partial charge on any atom is 0.309 e. The van der Waals surface area contributed by atoms with Crippen molar-refractivity contribution >= 4 is 24.7 Å². The lowest BCUT2D eigenvalue weighted by Gasteiger charge is -2.43. The second kappa shape index (κ2) is 9.02. The highest BCUT2D eigenvalue weighted by atomic mass is 28.4. The van der Waals surface area contributed by atoms with E-state index in [0.29, 0.717) is 6.42 Å². The Morgan fingerprint density at radius 2 is 1.53 bits per heavy atom.